The van der Waals surface area contributed by atoms with Gasteiger partial charge in [-0.3, -0.25) is 4.98 Å². The Morgan fingerprint density at radius 1 is 1.24 bits per heavy atom. The third kappa shape index (κ3) is 2.18. The van der Waals surface area contributed by atoms with Crippen molar-refractivity contribution in [2.45, 2.75) is 13.8 Å². The van der Waals surface area contributed by atoms with Crippen LogP contribution >= 0.6 is 0 Å². The van der Waals surface area contributed by atoms with Crippen molar-refractivity contribution in [1.29, 1.82) is 0 Å². The molecule has 0 radical (unpaired) electrons. The molecule has 0 spiro atoms. The fraction of sp³-hybridized carbons (Fsp3) is 0.143. The van der Waals surface area contributed by atoms with Gasteiger partial charge in [0.25, 0.3) is 0 Å². The summed E-state index contributed by atoms with van der Waals surface area (Å²) >= 11 is 0. The Labute approximate surface area is 99.8 Å². The lowest BCUT2D eigenvalue weighted by Gasteiger charge is -2.09. The highest BCUT2D eigenvalue weighted by Gasteiger charge is 2.11. The molecule has 0 bridgehead atoms. The topological polar surface area (TPSA) is 50.2 Å². The van der Waals surface area contributed by atoms with Gasteiger partial charge in [0.2, 0.25) is 0 Å². The molecule has 1 aromatic heterocycles. The van der Waals surface area contributed by atoms with Crippen LogP contribution in [0.15, 0.2) is 36.7 Å². The van der Waals surface area contributed by atoms with E-state index < -0.39 is 5.97 Å². The Balaban J connectivity index is 2.63. The van der Waals surface area contributed by atoms with Crippen molar-refractivity contribution in [3.8, 4) is 11.1 Å². The van der Waals surface area contributed by atoms with Gasteiger partial charge < -0.3 is 5.11 Å². The van der Waals surface area contributed by atoms with Crippen molar-refractivity contribution in [2.75, 3.05) is 0 Å². The number of pyridine rings is 1. The standard InChI is InChI=1S/C14H13NO2/c1-9-6-10(2)13(14(16)17)7-12(9)11-4-3-5-15-8-11/h3-8H,1-2H3,(H,16,17). The number of hydrogen-bond acceptors (Lipinski definition) is 2. The van der Waals surface area contributed by atoms with E-state index in [1.807, 2.05) is 32.0 Å². The number of aromatic carboxylic acids is 1. The van der Waals surface area contributed by atoms with Gasteiger partial charge in [-0.2, -0.15) is 0 Å². The van der Waals surface area contributed by atoms with Crippen LogP contribution in [0.5, 0.6) is 0 Å². The van der Waals surface area contributed by atoms with Gasteiger partial charge in [-0.1, -0.05) is 12.1 Å². The van der Waals surface area contributed by atoms with Gasteiger partial charge in [-0.25, -0.2) is 4.79 Å². The predicted molar refractivity (Wildman–Crippen MR) is 66.1 cm³/mol. The largest absolute Gasteiger partial charge is 0.478 e. The van der Waals surface area contributed by atoms with Crippen molar-refractivity contribution in [2.24, 2.45) is 0 Å². The molecule has 0 saturated carbocycles. The molecular formula is C14H13NO2. The number of nitrogens with zero attached hydrogens (tertiary/aromatic N) is 1. The predicted octanol–water partition coefficient (Wildman–Crippen LogP) is 3.06. The highest BCUT2D eigenvalue weighted by atomic mass is 16.4. The van der Waals surface area contributed by atoms with Gasteiger partial charge in [-0.05, 0) is 42.7 Å². The minimum absolute atomic E-state index is 0.342. The first-order valence-corrected chi connectivity index (χ1v) is 5.34. The highest BCUT2D eigenvalue weighted by molar-refractivity contribution is 5.91. The minimum atomic E-state index is -0.896. The molecule has 0 aliphatic heterocycles. The third-order valence-corrected chi connectivity index (χ3v) is 2.77. The van der Waals surface area contributed by atoms with Gasteiger partial charge in [0.05, 0.1) is 5.56 Å². The van der Waals surface area contributed by atoms with E-state index in [0.29, 0.717) is 5.56 Å². The average Bonchev–Trinajstić information content (AvgIpc) is 2.29. The lowest BCUT2D eigenvalue weighted by molar-refractivity contribution is 0.0696. The van der Waals surface area contributed by atoms with Crippen molar-refractivity contribution < 1.29 is 9.90 Å². The van der Waals surface area contributed by atoms with Gasteiger partial charge in [-0.15, -0.1) is 0 Å². The van der Waals surface area contributed by atoms with E-state index in [1.54, 1.807) is 18.5 Å². The normalized spacial score (nSPS) is 10.2. The monoisotopic (exact) mass is 227 g/mol. The van der Waals surface area contributed by atoms with Crippen LogP contribution in [0.25, 0.3) is 11.1 Å². The zero-order chi connectivity index (χ0) is 12.4. The number of benzene rings is 1. The molecule has 3 heteroatoms. The van der Waals surface area contributed by atoms with Crippen LogP contribution in [0, 0.1) is 13.8 Å². The number of hydrogen-bond donors (Lipinski definition) is 1. The lowest BCUT2D eigenvalue weighted by atomic mass is 9.96. The number of aryl methyl sites for hydroxylation is 2. The summed E-state index contributed by atoms with van der Waals surface area (Å²) in [5.74, 6) is -0.896. The highest BCUT2D eigenvalue weighted by Crippen LogP contribution is 2.25. The van der Waals surface area contributed by atoms with E-state index in [-0.39, 0.29) is 0 Å². The van der Waals surface area contributed by atoms with Crippen molar-refractivity contribution >= 4 is 5.97 Å². The lowest BCUT2D eigenvalue weighted by Crippen LogP contribution is -2.01. The van der Waals surface area contributed by atoms with E-state index in [1.165, 1.54) is 0 Å². The summed E-state index contributed by atoms with van der Waals surface area (Å²) in [5, 5.41) is 9.11. The van der Waals surface area contributed by atoms with Crippen molar-refractivity contribution in [1.82, 2.24) is 4.98 Å². The van der Waals surface area contributed by atoms with Crippen LogP contribution in [-0.4, -0.2) is 16.1 Å². The molecule has 2 rings (SSSR count). The molecule has 0 aliphatic rings. The maximum Gasteiger partial charge on any atom is 0.335 e. The fourth-order valence-corrected chi connectivity index (χ4v) is 1.92. The van der Waals surface area contributed by atoms with Crippen molar-refractivity contribution in [3.05, 3.63) is 53.3 Å². The molecule has 17 heavy (non-hydrogen) atoms. The maximum absolute atomic E-state index is 11.1. The molecule has 0 fully saturated rings. The zero-order valence-corrected chi connectivity index (χ0v) is 9.77. The van der Waals surface area contributed by atoms with Crippen LogP contribution in [-0.2, 0) is 0 Å². The van der Waals surface area contributed by atoms with E-state index in [2.05, 4.69) is 4.98 Å². The van der Waals surface area contributed by atoms with Gasteiger partial charge in [0.15, 0.2) is 0 Å². The van der Waals surface area contributed by atoms with E-state index >= 15 is 0 Å². The number of carboxylic acids is 1. The van der Waals surface area contributed by atoms with E-state index in [0.717, 1.165) is 22.3 Å². The molecule has 1 N–H and O–H groups in total. The van der Waals surface area contributed by atoms with E-state index in [9.17, 15) is 4.79 Å². The van der Waals surface area contributed by atoms with Crippen LogP contribution < -0.4 is 0 Å². The molecule has 1 heterocycles. The van der Waals surface area contributed by atoms with Crippen LogP contribution in [0.3, 0.4) is 0 Å². The molecule has 86 valence electrons. The second-order valence-corrected chi connectivity index (χ2v) is 4.03. The molecule has 0 amide bonds. The Kier molecular flexibility index (Phi) is 2.91. The van der Waals surface area contributed by atoms with Crippen LogP contribution in [0.2, 0.25) is 0 Å². The molecule has 1 aromatic carbocycles. The number of carbonyl (C=O) groups is 1. The quantitative estimate of drug-likeness (QED) is 0.857. The number of carboxylic acid groups (broad SMARTS) is 1. The molecule has 0 unspecified atom stereocenters. The summed E-state index contributed by atoms with van der Waals surface area (Å²) in [6.07, 6.45) is 3.44. The Morgan fingerprint density at radius 3 is 2.59 bits per heavy atom. The van der Waals surface area contributed by atoms with Gasteiger partial charge in [0.1, 0.15) is 0 Å². The van der Waals surface area contributed by atoms with Crippen LogP contribution in [0.4, 0.5) is 0 Å². The first kappa shape index (κ1) is 11.3. The Morgan fingerprint density at radius 2 is 2.00 bits per heavy atom. The molecule has 0 atom stereocenters. The number of rotatable bonds is 2. The summed E-state index contributed by atoms with van der Waals surface area (Å²) < 4.78 is 0. The summed E-state index contributed by atoms with van der Waals surface area (Å²) in [7, 11) is 0. The van der Waals surface area contributed by atoms with Crippen LogP contribution in [0.1, 0.15) is 21.5 Å². The average molecular weight is 227 g/mol. The first-order valence-electron chi connectivity index (χ1n) is 5.34. The summed E-state index contributed by atoms with van der Waals surface area (Å²) in [6, 6.07) is 7.38. The molecule has 2 aromatic rings. The Hall–Kier alpha value is -2.16. The third-order valence-electron chi connectivity index (χ3n) is 2.77. The molecule has 0 saturated heterocycles. The number of aromatic nitrogens is 1. The minimum Gasteiger partial charge on any atom is -0.478 e. The molecule has 0 aliphatic carbocycles. The fourth-order valence-electron chi connectivity index (χ4n) is 1.92. The smallest absolute Gasteiger partial charge is 0.335 e. The van der Waals surface area contributed by atoms with Gasteiger partial charge >= 0.3 is 5.97 Å². The Bertz CT molecular complexity index is 562. The zero-order valence-electron chi connectivity index (χ0n) is 9.77. The maximum atomic E-state index is 11.1. The second-order valence-electron chi connectivity index (χ2n) is 4.03. The summed E-state index contributed by atoms with van der Waals surface area (Å²) in [6.45, 7) is 3.78. The summed E-state index contributed by atoms with van der Waals surface area (Å²) in [5.41, 5.74) is 4.03. The second kappa shape index (κ2) is 4.37. The molecule has 3 nitrogen and oxygen atoms in total. The van der Waals surface area contributed by atoms with Crippen molar-refractivity contribution in [3.63, 3.8) is 0 Å². The summed E-state index contributed by atoms with van der Waals surface area (Å²) in [4.78, 5) is 15.2. The molecular weight excluding hydrogens is 214 g/mol. The first-order chi connectivity index (χ1) is 8.09. The SMILES string of the molecule is Cc1cc(C)c(-c2cccnc2)cc1C(=O)O. The van der Waals surface area contributed by atoms with E-state index in [4.69, 9.17) is 5.11 Å². The van der Waals surface area contributed by atoms with Gasteiger partial charge in [0, 0.05) is 18.0 Å².